The minimum atomic E-state index is -0.511. The van der Waals surface area contributed by atoms with Crippen LogP contribution < -0.4 is 0 Å². The minimum absolute atomic E-state index is 0.0456. The molecule has 0 bridgehead atoms. The Morgan fingerprint density at radius 2 is 2.23 bits per heavy atom. The number of benzene rings is 1. The van der Waals surface area contributed by atoms with Gasteiger partial charge in [0, 0.05) is 11.6 Å². The highest BCUT2D eigenvalue weighted by atomic mass is 79.9. The summed E-state index contributed by atoms with van der Waals surface area (Å²) in [6.07, 6.45) is 0.445. The fourth-order valence-corrected chi connectivity index (χ4v) is 1.36. The van der Waals surface area contributed by atoms with Gasteiger partial charge in [0.1, 0.15) is 5.82 Å². The van der Waals surface area contributed by atoms with Crippen LogP contribution in [0.2, 0.25) is 0 Å². The number of aryl methyl sites for hydroxylation is 1. The van der Waals surface area contributed by atoms with Crippen LogP contribution in [0.4, 0.5) is 10.1 Å². The molecule has 0 amide bonds. The van der Waals surface area contributed by atoms with Gasteiger partial charge in [0.05, 0.1) is 9.40 Å². The summed E-state index contributed by atoms with van der Waals surface area (Å²) in [6.45, 7) is 1.75. The maximum absolute atomic E-state index is 12.9. The molecule has 1 rings (SSSR count). The van der Waals surface area contributed by atoms with Crippen LogP contribution in [0, 0.1) is 15.9 Å². The molecule has 0 atom stereocenters. The first-order valence-corrected chi connectivity index (χ1v) is 4.48. The highest BCUT2D eigenvalue weighted by Gasteiger charge is 2.15. The molecule has 0 aliphatic rings. The summed E-state index contributed by atoms with van der Waals surface area (Å²) in [5.41, 5.74) is 0.362. The van der Waals surface area contributed by atoms with Gasteiger partial charge in [-0.15, -0.1) is 0 Å². The topological polar surface area (TPSA) is 43.1 Å². The number of hydrogen-bond donors (Lipinski definition) is 0. The Bertz CT molecular complexity index is 354. The van der Waals surface area contributed by atoms with E-state index in [-0.39, 0.29) is 10.2 Å². The zero-order chi connectivity index (χ0) is 10.0. The molecular weight excluding hydrogens is 241 g/mol. The first kappa shape index (κ1) is 10.1. The highest BCUT2D eigenvalue weighted by Crippen LogP contribution is 2.26. The van der Waals surface area contributed by atoms with Gasteiger partial charge in [-0.05, 0) is 28.4 Å². The van der Waals surface area contributed by atoms with E-state index in [1.165, 1.54) is 12.1 Å². The third-order valence-electron chi connectivity index (χ3n) is 1.70. The Hall–Kier alpha value is -0.970. The molecule has 0 aromatic heterocycles. The zero-order valence-corrected chi connectivity index (χ0v) is 8.47. The Balaban J connectivity index is 3.33. The molecule has 0 radical (unpaired) electrons. The van der Waals surface area contributed by atoms with Gasteiger partial charge in [0.15, 0.2) is 0 Å². The smallest absolute Gasteiger partial charge is 0.258 e. The van der Waals surface area contributed by atoms with E-state index < -0.39 is 10.7 Å². The van der Waals surface area contributed by atoms with Crippen molar-refractivity contribution in [1.29, 1.82) is 0 Å². The van der Waals surface area contributed by atoms with Crippen LogP contribution in [0.1, 0.15) is 12.5 Å². The third kappa shape index (κ3) is 2.03. The van der Waals surface area contributed by atoms with Gasteiger partial charge in [-0.2, -0.15) is 0 Å². The molecule has 0 heterocycles. The van der Waals surface area contributed by atoms with Crippen molar-refractivity contribution >= 4 is 21.6 Å². The molecule has 1 aromatic carbocycles. The molecule has 3 nitrogen and oxygen atoms in total. The van der Waals surface area contributed by atoms with Crippen molar-refractivity contribution < 1.29 is 9.31 Å². The van der Waals surface area contributed by atoms with Crippen LogP contribution >= 0.6 is 15.9 Å². The van der Waals surface area contributed by atoms with Crippen molar-refractivity contribution in [2.24, 2.45) is 0 Å². The van der Waals surface area contributed by atoms with E-state index in [9.17, 15) is 14.5 Å². The van der Waals surface area contributed by atoms with E-state index >= 15 is 0 Å². The summed E-state index contributed by atoms with van der Waals surface area (Å²) in [4.78, 5) is 10.00. The number of rotatable bonds is 2. The lowest BCUT2D eigenvalue weighted by Gasteiger charge is -2.01. The van der Waals surface area contributed by atoms with E-state index in [1.807, 2.05) is 0 Å². The lowest BCUT2D eigenvalue weighted by Crippen LogP contribution is -1.95. The second-order valence-electron chi connectivity index (χ2n) is 2.51. The molecule has 1 aromatic rings. The summed E-state index contributed by atoms with van der Waals surface area (Å²) in [7, 11) is 0. The van der Waals surface area contributed by atoms with Gasteiger partial charge >= 0.3 is 0 Å². The molecule has 0 aliphatic carbocycles. The molecule has 0 saturated carbocycles. The van der Waals surface area contributed by atoms with E-state index in [0.29, 0.717) is 12.0 Å². The molecule has 0 spiro atoms. The third-order valence-corrected chi connectivity index (χ3v) is 2.31. The van der Waals surface area contributed by atoms with Gasteiger partial charge in [-0.1, -0.05) is 6.92 Å². The second kappa shape index (κ2) is 3.83. The molecule has 70 valence electrons. The summed E-state index contributed by atoms with van der Waals surface area (Å²) in [5, 5.41) is 10.5. The van der Waals surface area contributed by atoms with E-state index in [1.54, 1.807) is 6.92 Å². The van der Waals surface area contributed by atoms with Crippen LogP contribution in [-0.4, -0.2) is 4.92 Å². The lowest BCUT2D eigenvalue weighted by atomic mass is 10.1. The second-order valence-corrected chi connectivity index (χ2v) is 3.36. The standard InChI is InChI=1S/C8H7BrFNO2/c1-2-5-3-7(10)6(9)4-8(5)11(12)13/h3-4H,2H2,1H3. The largest absolute Gasteiger partial charge is 0.273 e. The van der Waals surface area contributed by atoms with Crippen LogP contribution in [0.3, 0.4) is 0 Å². The summed E-state index contributed by atoms with van der Waals surface area (Å²) >= 11 is 2.90. The first-order valence-electron chi connectivity index (χ1n) is 3.68. The zero-order valence-electron chi connectivity index (χ0n) is 6.88. The fraction of sp³-hybridized carbons (Fsp3) is 0.250. The summed E-state index contributed by atoms with van der Waals surface area (Å²) in [5.74, 6) is -0.470. The number of halogens is 2. The van der Waals surface area contributed by atoms with Crippen molar-refractivity contribution in [3.8, 4) is 0 Å². The van der Waals surface area contributed by atoms with Gasteiger partial charge in [0.25, 0.3) is 5.69 Å². The molecule has 13 heavy (non-hydrogen) atoms. The molecule has 0 aliphatic heterocycles. The predicted octanol–water partition coefficient (Wildman–Crippen LogP) is 3.06. The lowest BCUT2D eigenvalue weighted by molar-refractivity contribution is -0.385. The molecule has 0 N–H and O–H groups in total. The summed E-state index contributed by atoms with van der Waals surface area (Å²) < 4.78 is 13.1. The molecule has 0 unspecified atom stereocenters. The maximum Gasteiger partial charge on any atom is 0.273 e. The Morgan fingerprint density at radius 3 is 2.69 bits per heavy atom. The number of nitro benzene ring substituents is 1. The Kier molecular flexibility index (Phi) is 2.98. The number of hydrogen-bond acceptors (Lipinski definition) is 2. The van der Waals surface area contributed by atoms with Gasteiger partial charge in [-0.25, -0.2) is 4.39 Å². The average molecular weight is 248 g/mol. The van der Waals surface area contributed by atoms with Crippen molar-refractivity contribution in [1.82, 2.24) is 0 Å². The van der Waals surface area contributed by atoms with Gasteiger partial charge in [0.2, 0.25) is 0 Å². The summed E-state index contributed by atoms with van der Waals surface area (Å²) in [6, 6.07) is 2.37. The van der Waals surface area contributed by atoms with E-state index in [4.69, 9.17) is 0 Å². The molecule has 0 fully saturated rings. The van der Waals surface area contributed by atoms with Crippen molar-refractivity contribution in [2.45, 2.75) is 13.3 Å². The van der Waals surface area contributed by atoms with Crippen LogP contribution in [0.5, 0.6) is 0 Å². The van der Waals surface area contributed by atoms with E-state index in [0.717, 1.165) is 0 Å². The molecule has 5 heteroatoms. The van der Waals surface area contributed by atoms with Crippen LogP contribution in [0.15, 0.2) is 16.6 Å². The Morgan fingerprint density at radius 1 is 1.62 bits per heavy atom. The molecular formula is C8H7BrFNO2. The van der Waals surface area contributed by atoms with Crippen LogP contribution in [-0.2, 0) is 6.42 Å². The number of nitrogens with zero attached hydrogens (tertiary/aromatic N) is 1. The average Bonchev–Trinajstić information content (AvgIpc) is 2.08. The van der Waals surface area contributed by atoms with Crippen molar-refractivity contribution in [3.63, 3.8) is 0 Å². The first-order chi connectivity index (χ1) is 6.06. The monoisotopic (exact) mass is 247 g/mol. The quantitative estimate of drug-likeness (QED) is 0.596. The minimum Gasteiger partial charge on any atom is -0.258 e. The van der Waals surface area contributed by atoms with Crippen molar-refractivity contribution in [3.05, 3.63) is 38.1 Å². The highest BCUT2D eigenvalue weighted by molar-refractivity contribution is 9.10. The van der Waals surface area contributed by atoms with Gasteiger partial charge < -0.3 is 0 Å². The SMILES string of the molecule is CCc1cc(F)c(Br)cc1[N+](=O)[O-]. The Labute approximate surface area is 82.8 Å². The van der Waals surface area contributed by atoms with Crippen LogP contribution in [0.25, 0.3) is 0 Å². The normalized spacial score (nSPS) is 10.1. The predicted molar refractivity (Wildman–Crippen MR) is 50.1 cm³/mol. The van der Waals surface area contributed by atoms with Crippen molar-refractivity contribution in [2.75, 3.05) is 0 Å². The maximum atomic E-state index is 12.9. The number of nitro groups is 1. The van der Waals surface area contributed by atoms with Gasteiger partial charge in [-0.3, -0.25) is 10.1 Å². The fourth-order valence-electron chi connectivity index (χ4n) is 1.03. The van der Waals surface area contributed by atoms with E-state index in [2.05, 4.69) is 15.9 Å². The molecule has 0 saturated heterocycles.